The van der Waals surface area contributed by atoms with Gasteiger partial charge < -0.3 is 5.73 Å². The van der Waals surface area contributed by atoms with E-state index >= 15 is 0 Å². The van der Waals surface area contributed by atoms with E-state index < -0.39 is 15.8 Å². The van der Waals surface area contributed by atoms with E-state index in [9.17, 15) is 12.8 Å². The summed E-state index contributed by atoms with van der Waals surface area (Å²) in [5, 5.41) is 0. The molecule has 6 heteroatoms. The summed E-state index contributed by atoms with van der Waals surface area (Å²) < 4.78 is 39.5. The second-order valence-electron chi connectivity index (χ2n) is 5.18. The second kappa shape index (κ2) is 5.19. The predicted octanol–water partition coefficient (Wildman–Crippen LogP) is 1.49. The summed E-state index contributed by atoms with van der Waals surface area (Å²) in [7, 11) is -3.54. The third kappa shape index (κ3) is 2.80. The van der Waals surface area contributed by atoms with Gasteiger partial charge in [0.05, 0.1) is 4.90 Å². The van der Waals surface area contributed by atoms with E-state index in [1.165, 1.54) is 22.5 Å². The van der Waals surface area contributed by atoms with Gasteiger partial charge in [0.2, 0.25) is 10.0 Å². The van der Waals surface area contributed by atoms with Crippen LogP contribution < -0.4 is 5.73 Å². The van der Waals surface area contributed by atoms with Gasteiger partial charge in [0.1, 0.15) is 5.82 Å². The molecule has 0 saturated carbocycles. The lowest BCUT2D eigenvalue weighted by atomic mass is 10.0. The lowest BCUT2D eigenvalue weighted by molar-refractivity contribution is 0.428. The van der Waals surface area contributed by atoms with Crippen molar-refractivity contribution >= 4 is 10.0 Å². The molecule has 0 radical (unpaired) electrons. The average Bonchev–Trinajstić information content (AvgIpc) is 2.78. The van der Waals surface area contributed by atoms with Crippen molar-refractivity contribution in [2.75, 3.05) is 13.1 Å². The molecule has 1 fully saturated rings. The van der Waals surface area contributed by atoms with E-state index in [2.05, 4.69) is 0 Å². The van der Waals surface area contributed by atoms with E-state index in [-0.39, 0.29) is 16.9 Å². The Balaban J connectivity index is 2.29. The van der Waals surface area contributed by atoms with Crippen LogP contribution in [-0.4, -0.2) is 31.9 Å². The van der Waals surface area contributed by atoms with Gasteiger partial charge in [-0.05, 0) is 49.9 Å². The van der Waals surface area contributed by atoms with Crippen molar-refractivity contribution < 1.29 is 12.8 Å². The number of sulfonamides is 1. The van der Waals surface area contributed by atoms with E-state index in [1.54, 1.807) is 6.92 Å². The van der Waals surface area contributed by atoms with Gasteiger partial charge >= 0.3 is 0 Å². The van der Waals surface area contributed by atoms with Crippen LogP contribution >= 0.6 is 0 Å². The molecular formula is C13H19FN2O2S. The Labute approximate surface area is 113 Å². The largest absolute Gasteiger partial charge is 0.328 e. The summed E-state index contributed by atoms with van der Waals surface area (Å²) in [6.45, 7) is 4.42. The quantitative estimate of drug-likeness (QED) is 0.915. The van der Waals surface area contributed by atoms with Crippen molar-refractivity contribution in [3.8, 4) is 0 Å². The van der Waals surface area contributed by atoms with Crippen molar-refractivity contribution in [2.45, 2.75) is 31.2 Å². The fourth-order valence-corrected chi connectivity index (χ4v) is 4.16. The Hall–Kier alpha value is -0.980. The highest BCUT2D eigenvalue weighted by molar-refractivity contribution is 7.89. The summed E-state index contributed by atoms with van der Waals surface area (Å²) in [6, 6.07) is 3.74. The summed E-state index contributed by atoms with van der Waals surface area (Å²) in [4.78, 5) is 0.180. The van der Waals surface area contributed by atoms with Crippen molar-refractivity contribution in [1.29, 1.82) is 0 Å². The molecule has 0 aliphatic carbocycles. The minimum atomic E-state index is -3.54. The molecule has 1 aliphatic rings. The van der Waals surface area contributed by atoms with E-state index in [0.717, 1.165) is 6.42 Å². The normalized spacial score (nSPS) is 22.6. The van der Waals surface area contributed by atoms with Crippen LogP contribution in [0.1, 0.15) is 18.9 Å². The molecule has 2 unspecified atom stereocenters. The van der Waals surface area contributed by atoms with Crippen molar-refractivity contribution in [2.24, 2.45) is 11.7 Å². The Morgan fingerprint density at radius 3 is 2.68 bits per heavy atom. The van der Waals surface area contributed by atoms with E-state index in [1.807, 2.05) is 6.92 Å². The van der Waals surface area contributed by atoms with Gasteiger partial charge in [-0.3, -0.25) is 0 Å². The van der Waals surface area contributed by atoms with Crippen LogP contribution in [0.5, 0.6) is 0 Å². The molecule has 2 N–H and O–H groups in total. The van der Waals surface area contributed by atoms with Crippen LogP contribution in [-0.2, 0) is 10.0 Å². The molecule has 4 nitrogen and oxygen atoms in total. The maximum absolute atomic E-state index is 13.1. The van der Waals surface area contributed by atoms with Crippen LogP contribution in [0.15, 0.2) is 23.1 Å². The molecule has 106 valence electrons. The monoisotopic (exact) mass is 286 g/mol. The SMILES string of the molecule is Cc1cc(F)ccc1S(=O)(=O)N1CCC(C(C)N)C1. The molecule has 19 heavy (non-hydrogen) atoms. The second-order valence-corrected chi connectivity index (χ2v) is 7.09. The third-order valence-electron chi connectivity index (χ3n) is 3.69. The molecule has 1 heterocycles. The van der Waals surface area contributed by atoms with Crippen molar-refractivity contribution in [3.63, 3.8) is 0 Å². The number of nitrogens with zero attached hydrogens (tertiary/aromatic N) is 1. The number of hydrogen-bond donors (Lipinski definition) is 1. The van der Waals surface area contributed by atoms with Gasteiger partial charge in [0.15, 0.2) is 0 Å². The molecule has 2 atom stereocenters. The molecule has 1 aromatic rings. The lowest BCUT2D eigenvalue weighted by Gasteiger charge is -2.19. The van der Waals surface area contributed by atoms with Gasteiger partial charge in [0.25, 0.3) is 0 Å². The smallest absolute Gasteiger partial charge is 0.243 e. The first kappa shape index (κ1) is 14.4. The summed E-state index contributed by atoms with van der Waals surface area (Å²) >= 11 is 0. The highest BCUT2D eigenvalue weighted by Crippen LogP contribution is 2.27. The molecule has 1 saturated heterocycles. The maximum atomic E-state index is 13.1. The topological polar surface area (TPSA) is 63.4 Å². The zero-order valence-corrected chi connectivity index (χ0v) is 12.0. The zero-order valence-electron chi connectivity index (χ0n) is 11.1. The average molecular weight is 286 g/mol. The van der Waals surface area contributed by atoms with Crippen LogP contribution in [0, 0.1) is 18.7 Å². The minimum absolute atomic E-state index is 0.0190. The molecule has 0 amide bonds. The molecule has 0 spiro atoms. The fourth-order valence-electron chi connectivity index (χ4n) is 2.44. The fraction of sp³-hybridized carbons (Fsp3) is 0.538. The van der Waals surface area contributed by atoms with Crippen LogP contribution in [0.25, 0.3) is 0 Å². The molecule has 0 bridgehead atoms. The zero-order chi connectivity index (χ0) is 14.2. The van der Waals surface area contributed by atoms with Gasteiger partial charge in [-0.1, -0.05) is 0 Å². The van der Waals surface area contributed by atoms with Crippen LogP contribution in [0.3, 0.4) is 0 Å². The number of hydrogen-bond acceptors (Lipinski definition) is 3. The third-order valence-corrected chi connectivity index (χ3v) is 5.71. The number of halogens is 1. The Morgan fingerprint density at radius 2 is 2.16 bits per heavy atom. The van der Waals surface area contributed by atoms with E-state index in [4.69, 9.17) is 5.73 Å². The van der Waals surface area contributed by atoms with Gasteiger partial charge in [-0.15, -0.1) is 0 Å². The highest BCUT2D eigenvalue weighted by atomic mass is 32.2. The Kier molecular flexibility index (Phi) is 3.94. The standard InChI is InChI=1S/C13H19FN2O2S/c1-9-7-12(14)3-4-13(9)19(17,18)16-6-5-11(8-16)10(2)15/h3-4,7,10-11H,5-6,8,15H2,1-2H3. The van der Waals surface area contributed by atoms with E-state index in [0.29, 0.717) is 18.7 Å². The Bertz CT molecular complexity index is 572. The first-order chi connectivity index (χ1) is 8.82. The number of nitrogens with two attached hydrogens (primary N) is 1. The number of benzene rings is 1. The van der Waals surface area contributed by atoms with Gasteiger partial charge in [0, 0.05) is 19.1 Å². The number of aryl methyl sites for hydroxylation is 1. The first-order valence-corrected chi connectivity index (χ1v) is 7.78. The molecular weight excluding hydrogens is 267 g/mol. The molecule has 1 aromatic carbocycles. The lowest BCUT2D eigenvalue weighted by Crippen LogP contribution is -2.33. The summed E-state index contributed by atoms with van der Waals surface area (Å²) in [6.07, 6.45) is 0.775. The first-order valence-electron chi connectivity index (χ1n) is 6.34. The maximum Gasteiger partial charge on any atom is 0.243 e. The minimum Gasteiger partial charge on any atom is -0.328 e. The van der Waals surface area contributed by atoms with Crippen molar-refractivity contribution in [1.82, 2.24) is 4.31 Å². The van der Waals surface area contributed by atoms with Gasteiger partial charge in [-0.25, -0.2) is 12.8 Å². The van der Waals surface area contributed by atoms with Gasteiger partial charge in [-0.2, -0.15) is 4.31 Å². The molecule has 1 aliphatic heterocycles. The highest BCUT2D eigenvalue weighted by Gasteiger charge is 2.34. The molecule has 2 rings (SSSR count). The van der Waals surface area contributed by atoms with Crippen LogP contribution in [0.2, 0.25) is 0 Å². The number of rotatable bonds is 3. The Morgan fingerprint density at radius 1 is 1.47 bits per heavy atom. The molecule has 0 aromatic heterocycles. The summed E-state index contributed by atoms with van der Waals surface area (Å²) in [5.41, 5.74) is 6.26. The summed E-state index contributed by atoms with van der Waals surface area (Å²) in [5.74, 6) is -0.234. The van der Waals surface area contributed by atoms with Crippen LogP contribution in [0.4, 0.5) is 4.39 Å². The van der Waals surface area contributed by atoms with Crippen molar-refractivity contribution in [3.05, 3.63) is 29.6 Å². The predicted molar refractivity (Wildman–Crippen MR) is 71.7 cm³/mol.